The second-order valence-corrected chi connectivity index (χ2v) is 4.93. The molecule has 1 heterocycles. The zero-order chi connectivity index (χ0) is 14.7. The number of hydrogen-bond donors (Lipinski definition) is 2. The van der Waals surface area contributed by atoms with E-state index >= 15 is 0 Å². The summed E-state index contributed by atoms with van der Waals surface area (Å²) in [4.78, 5) is 27.2. The van der Waals surface area contributed by atoms with Gasteiger partial charge in [-0.15, -0.1) is 0 Å². The quantitative estimate of drug-likeness (QED) is 0.583. The molecule has 1 aliphatic heterocycles. The van der Waals surface area contributed by atoms with Crippen molar-refractivity contribution >= 4 is 17.5 Å². The van der Waals surface area contributed by atoms with Gasteiger partial charge in [-0.3, -0.25) is 9.59 Å². The highest BCUT2D eigenvalue weighted by atomic mass is 16.3. The number of nitrogens with two attached hydrogens (primary N) is 1. The monoisotopic (exact) mass is 277 g/mol. The van der Waals surface area contributed by atoms with Gasteiger partial charge in [0.25, 0.3) is 5.91 Å². The Hall–Kier alpha value is -2.24. The molecule has 1 aliphatic rings. The van der Waals surface area contributed by atoms with Crippen molar-refractivity contribution in [3.63, 3.8) is 0 Å². The first kappa shape index (κ1) is 14.2. The van der Waals surface area contributed by atoms with E-state index < -0.39 is 0 Å². The summed E-state index contributed by atoms with van der Waals surface area (Å²) < 4.78 is 0. The SMILES string of the molecule is CC(=O)N1CCCN(C(=O)c2ccc(N)c(O)c2)CC1. The number of anilines is 1. The van der Waals surface area contributed by atoms with E-state index in [0.717, 1.165) is 6.42 Å². The van der Waals surface area contributed by atoms with Crippen LogP contribution in [0.4, 0.5) is 5.69 Å². The Morgan fingerprint density at radius 1 is 1.15 bits per heavy atom. The average molecular weight is 277 g/mol. The van der Waals surface area contributed by atoms with Gasteiger partial charge in [-0.05, 0) is 24.6 Å². The lowest BCUT2D eigenvalue weighted by Gasteiger charge is -2.21. The van der Waals surface area contributed by atoms with Crippen LogP contribution < -0.4 is 5.73 Å². The van der Waals surface area contributed by atoms with Gasteiger partial charge in [0.1, 0.15) is 5.75 Å². The van der Waals surface area contributed by atoms with E-state index in [1.165, 1.54) is 19.1 Å². The molecule has 0 radical (unpaired) electrons. The van der Waals surface area contributed by atoms with Crippen molar-refractivity contribution in [2.24, 2.45) is 0 Å². The number of amides is 2. The molecule has 0 aliphatic carbocycles. The number of phenols is 1. The van der Waals surface area contributed by atoms with Gasteiger partial charge in [-0.1, -0.05) is 0 Å². The Balaban J connectivity index is 2.09. The molecule has 6 heteroatoms. The van der Waals surface area contributed by atoms with E-state index in [9.17, 15) is 14.7 Å². The van der Waals surface area contributed by atoms with E-state index in [4.69, 9.17) is 5.73 Å². The number of phenolic OH excluding ortho intramolecular Hbond substituents is 1. The van der Waals surface area contributed by atoms with Crippen molar-refractivity contribution in [3.05, 3.63) is 23.8 Å². The minimum Gasteiger partial charge on any atom is -0.506 e. The molecule has 1 fully saturated rings. The fraction of sp³-hybridized carbons (Fsp3) is 0.429. The fourth-order valence-electron chi connectivity index (χ4n) is 2.29. The zero-order valence-electron chi connectivity index (χ0n) is 11.5. The van der Waals surface area contributed by atoms with Gasteiger partial charge in [-0.25, -0.2) is 0 Å². The summed E-state index contributed by atoms with van der Waals surface area (Å²) in [5.41, 5.74) is 6.19. The van der Waals surface area contributed by atoms with Crippen molar-refractivity contribution in [3.8, 4) is 5.75 Å². The van der Waals surface area contributed by atoms with Crippen LogP contribution in [0, 0.1) is 0 Å². The Bertz CT molecular complexity index is 530. The molecule has 0 bridgehead atoms. The van der Waals surface area contributed by atoms with Crippen LogP contribution in [-0.2, 0) is 4.79 Å². The highest BCUT2D eigenvalue weighted by molar-refractivity contribution is 5.95. The molecule has 0 aromatic heterocycles. The third-order valence-corrected chi connectivity index (χ3v) is 3.51. The van der Waals surface area contributed by atoms with Crippen LogP contribution in [0.5, 0.6) is 5.75 Å². The van der Waals surface area contributed by atoms with Gasteiger partial charge in [0.2, 0.25) is 5.91 Å². The molecule has 1 aromatic carbocycles. The van der Waals surface area contributed by atoms with Crippen LogP contribution >= 0.6 is 0 Å². The molecule has 0 spiro atoms. The zero-order valence-corrected chi connectivity index (χ0v) is 11.5. The van der Waals surface area contributed by atoms with Gasteiger partial charge in [-0.2, -0.15) is 0 Å². The van der Waals surface area contributed by atoms with Crippen LogP contribution in [0.1, 0.15) is 23.7 Å². The molecule has 2 amide bonds. The number of aromatic hydroxyl groups is 1. The third kappa shape index (κ3) is 3.01. The topological polar surface area (TPSA) is 86.9 Å². The maximum Gasteiger partial charge on any atom is 0.254 e. The molecular weight excluding hydrogens is 258 g/mol. The Kier molecular flexibility index (Phi) is 4.12. The number of carbonyl (C=O) groups excluding carboxylic acids is 2. The minimum atomic E-state index is -0.147. The Morgan fingerprint density at radius 2 is 1.80 bits per heavy atom. The Morgan fingerprint density at radius 3 is 2.45 bits per heavy atom. The number of nitrogens with zero attached hydrogens (tertiary/aromatic N) is 2. The summed E-state index contributed by atoms with van der Waals surface area (Å²) in [5, 5.41) is 9.57. The molecule has 20 heavy (non-hydrogen) atoms. The second kappa shape index (κ2) is 5.81. The standard InChI is InChI=1S/C14H19N3O3/c1-10(18)16-5-2-6-17(8-7-16)14(20)11-3-4-12(15)13(19)9-11/h3-4,9,19H,2,5-8,15H2,1H3. The van der Waals surface area contributed by atoms with Crippen LogP contribution in [0.2, 0.25) is 0 Å². The third-order valence-electron chi connectivity index (χ3n) is 3.51. The van der Waals surface area contributed by atoms with Gasteiger partial charge in [0.05, 0.1) is 5.69 Å². The largest absolute Gasteiger partial charge is 0.506 e. The molecule has 108 valence electrons. The van der Waals surface area contributed by atoms with E-state index in [1.807, 2.05) is 0 Å². The first-order valence-electron chi connectivity index (χ1n) is 6.62. The van der Waals surface area contributed by atoms with Crippen molar-refractivity contribution < 1.29 is 14.7 Å². The van der Waals surface area contributed by atoms with Gasteiger partial charge < -0.3 is 20.6 Å². The number of hydrogen-bond acceptors (Lipinski definition) is 4. The summed E-state index contributed by atoms with van der Waals surface area (Å²) in [6.45, 7) is 3.86. The molecule has 6 nitrogen and oxygen atoms in total. The fourth-order valence-corrected chi connectivity index (χ4v) is 2.29. The molecule has 0 atom stereocenters. The number of carbonyl (C=O) groups is 2. The molecule has 3 N–H and O–H groups in total. The van der Waals surface area contributed by atoms with E-state index in [2.05, 4.69) is 0 Å². The van der Waals surface area contributed by atoms with Gasteiger partial charge >= 0.3 is 0 Å². The molecule has 1 aromatic rings. The van der Waals surface area contributed by atoms with E-state index in [1.54, 1.807) is 15.9 Å². The van der Waals surface area contributed by atoms with Crippen LogP contribution in [0.15, 0.2) is 18.2 Å². The van der Waals surface area contributed by atoms with Crippen LogP contribution in [0.3, 0.4) is 0 Å². The lowest BCUT2D eigenvalue weighted by atomic mass is 10.1. The van der Waals surface area contributed by atoms with Gasteiger partial charge in [0.15, 0.2) is 0 Å². The highest BCUT2D eigenvalue weighted by Gasteiger charge is 2.21. The lowest BCUT2D eigenvalue weighted by molar-refractivity contribution is -0.128. The average Bonchev–Trinajstić information content (AvgIpc) is 2.67. The summed E-state index contributed by atoms with van der Waals surface area (Å²) in [6, 6.07) is 4.50. The summed E-state index contributed by atoms with van der Waals surface area (Å²) in [6.07, 6.45) is 0.756. The molecule has 0 saturated carbocycles. The van der Waals surface area contributed by atoms with E-state index in [-0.39, 0.29) is 23.3 Å². The predicted molar refractivity (Wildman–Crippen MR) is 75.3 cm³/mol. The molecular formula is C14H19N3O3. The maximum atomic E-state index is 12.4. The predicted octanol–water partition coefficient (Wildman–Crippen LogP) is 0.669. The normalized spacial score (nSPS) is 15.8. The van der Waals surface area contributed by atoms with Crippen LogP contribution in [-0.4, -0.2) is 52.9 Å². The minimum absolute atomic E-state index is 0.0319. The van der Waals surface area contributed by atoms with Crippen molar-refractivity contribution in [1.29, 1.82) is 0 Å². The van der Waals surface area contributed by atoms with Crippen molar-refractivity contribution in [2.45, 2.75) is 13.3 Å². The number of benzene rings is 1. The highest BCUT2D eigenvalue weighted by Crippen LogP contribution is 2.21. The maximum absolute atomic E-state index is 12.4. The van der Waals surface area contributed by atoms with E-state index in [0.29, 0.717) is 31.7 Å². The first-order chi connectivity index (χ1) is 9.49. The number of rotatable bonds is 1. The first-order valence-corrected chi connectivity index (χ1v) is 6.62. The lowest BCUT2D eigenvalue weighted by Crippen LogP contribution is -2.36. The summed E-state index contributed by atoms with van der Waals surface area (Å²) >= 11 is 0. The van der Waals surface area contributed by atoms with Gasteiger partial charge in [0, 0.05) is 38.7 Å². The summed E-state index contributed by atoms with van der Waals surface area (Å²) in [5.74, 6) is -0.203. The molecule has 0 unspecified atom stereocenters. The second-order valence-electron chi connectivity index (χ2n) is 4.93. The number of nitrogen functional groups attached to an aromatic ring is 1. The summed E-state index contributed by atoms with van der Waals surface area (Å²) in [7, 11) is 0. The van der Waals surface area contributed by atoms with Crippen LogP contribution in [0.25, 0.3) is 0 Å². The van der Waals surface area contributed by atoms with Crippen molar-refractivity contribution in [2.75, 3.05) is 31.9 Å². The Labute approximate surface area is 117 Å². The smallest absolute Gasteiger partial charge is 0.254 e. The molecule has 2 rings (SSSR count). The molecule has 1 saturated heterocycles. The van der Waals surface area contributed by atoms with Crippen molar-refractivity contribution in [1.82, 2.24) is 9.80 Å².